The predicted octanol–water partition coefficient (Wildman–Crippen LogP) is 1.13. The highest BCUT2D eigenvalue weighted by Crippen LogP contribution is 2.16. The van der Waals surface area contributed by atoms with Crippen LogP contribution >= 0.6 is 12.4 Å². The number of rotatable bonds is 5. The Morgan fingerprint density at radius 3 is 2.65 bits per heavy atom. The summed E-state index contributed by atoms with van der Waals surface area (Å²) < 4.78 is 5.56. The third kappa shape index (κ3) is 5.18. The second kappa shape index (κ2) is 9.23. The van der Waals surface area contributed by atoms with Gasteiger partial charge in [-0.3, -0.25) is 9.69 Å². The van der Waals surface area contributed by atoms with Gasteiger partial charge in [0.2, 0.25) is 5.91 Å². The number of carbonyl (C=O) groups is 1. The van der Waals surface area contributed by atoms with Crippen molar-refractivity contribution in [1.82, 2.24) is 15.1 Å². The summed E-state index contributed by atoms with van der Waals surface area (Å²) in [6, 6.07) is 10.5. The SMILES string of the molecule is Cl.O=C(COCc1ccccc1)N1CCC(N2CCNCC2)C1. The Balaban J connectivity index is 0.00000192. The number of hydrogen-bond acceptors (Lipinski definition) is 4. The smallest absolute Gasteiger partial charge is 0.248 e. The van der Waals surface area contributed by atoms with E-state index >= 15 is 0 Å². The van der Waals surface area contributed by atoms with Crippen LogP contribution in [0.25, 0.3) is 0 Å². The molecule has 2 saturated heterocycles. The first-order chi connectivity index (χ1) is 10.8. The Hall–Kier alpha value is -1.14. The molecule has 0 spiro atoms. The van der Waals surface area contributed by atoms with Gasteiger partial charge in [0.25, 0.3) is 0 Å². The maximum atomic E-state index is 12.2. The van der Waals surface area contributed by atoms with Crippen LogP contribution in [0.1, 0.15) is 12.0 Å². The summed E-state index contributed by atoms with van der Waals surface area (Å²) in [7, 11) is 0. The molecule has 1 unspecified atom stereocenters. The van der Waals surface area contributed by atoms with Crippen molar-refractivity contribution in [2.45, 2.75) is 19.1 Å². The van der Waals surface area contributed by atoms with Crippen LogP contribution in [-0.2, 0) is 16.1 Å². The molecule has 0 radical (unpaired) electrons. The van der Waals surface area contributed by atoms with Gasteiger partial charge in [0.1, 0.15) is 6.61 Å². The summed E-state index contributed by atoms with van der Waals surface area (Å²) in [6.45, 7) is 6.71. The van der Waals surface area contributed by atoms with Crippen molar-refractivity contribution in [2.75, 3.05) is 45.9 Å². The number of ether oxygens (including phenoxy) is 1. The van der Waals surface area contributed by atoms with Crippen LogP contribution in [-0.4, -0.2) is 67.6 Å². The highest BCUT2D eigenvalue weighted by molar-refractivity contribution is 5.85. The first kappa shape index (κ1) is 18.2. The second-order valence-corrected chi connectivity index (χ2v) is 6.05. The van der Waals surface area contributed by atoms with E-state index in [1.54, 1.807) is 0 Å². The highest BCUT2D eigenvalue weighted by Gasteiger charge is 2.30. The molecule has 1 aromatic rings. The maximum Gasteiger partial charge on any atom is 0.248 e. The lowest BCUT2D eigenvalue weighted by molar-refractivity contribution is -0.135. The second-order valence-electron chi connectivity index (χ2n) is 6.05. The summed E-state index contributed by atoms with van der Waals surface area (Å²) in [5.74, 6) is 0.119. The molecule has 1 atom stereocenters. The molecule has 2 heterocycles. The van der Waals surface area contributed by atoms with Gasteiger partial charge in [0.15, 0.2) is 0 Å². The van der Waals surface area contributed by atoms with E-state index in [1.807, 2.05) is 35.2 Å². The van der Waals surface area contributed by atoms with Gasteiger partial charge < -0.3 is 15.0 Å². The number of halogens is 1. The van der Waals surface area contributed by atoms with Crippen LogP contribution in [0.15, 0.2) is 30.3 Å². The van der Waals surface area contributed by atoms with Crippen LogP contribution < -0.4 is 5.32 Å². The highest BCUT2D eigenvalue weighted by atomic mass is 35.5. The summed E-state index contributed by atoms with van der Waals surface area (Å²) >= 11 is 0. The molecule has 1 N–H and O–H groups in total. The minimum absolute atomic E-state index is 0. The van der Waals surface area contributed by atoms with Gasteiger partial charge in [-0.25, -0.2) is 0 Å². The van der Waals surface area contributed by atoms with Crippen molar-refractivity contribution in [2.24, 2.45) is 0 Å². The van der Waals surface area contributed by atoms with Crippen LogP contribution in [0.3, 0.4) is 0 Å². The number of piperazine rings is 1. The average molecular weight is 340 g/mol. The lowest BCUT2D eigenvalue weighted by atomic mass is 10.2. The quantitative estimate of drug-likeness (QED) is 0.873. The Morgan fingerprint density at radius 1 is 1.17 bits per heavy atom. The minimum atomic E-state index is 0. The molecule has 3 rings (SSSR count). The fourth-order valence-corrected chi connectivity index (χ4v) is 3.24. The van der Waals surface area contributed by atoms with Crippen molar-refractivity contribution >= 4 is 18.3 Å². The Labute approximate surface area is 144 Å². The molecule has 0 aromatic heterocycles. The zero-order valence-corrected chi connectivity index (χ0v) is 14.3. The largest absolute Gasteiger partial charge is 0.367 e. The topological polar surface area (TPSA) is 44.8 Å². The van der Waals surface area contributed by atoms with Gasteiger partial charge in [-0.15, -0.1) is 12.4 Å². The van der Waals surface area contributed by atoms with E-state index in [1.165, 1.54) is 0 Å². The van der Waals surface area contributed by atoms with Gasteiger partial charge in [-0.1, -0.05) is 30.3 Å². The van der Waals surface area contributed by atoms with Crippen LogP contribution in [0.5, 0.6) is 0 Å². The summed E-state index contributed by atoms with van der Waals surface area (Å²) in [6.07, 6.45) is 1.09. The molecule has 5 nitrogen and oxygen atoms in total. The Morgan fingerprint density at radius 2 is 1.91 bits per heavy atom. The lowest BCUT2D eigenvalue weighted by Crippen LogP contribution is -2.49. The number of hydrogen-bond donors (Lipinski definition) is 1. The summed E-state index contributed by atoms with van der Waals surface area (Å²) in [5, 5.41) is 3.37. The molecule has 2 fully saturated rings. The van der Waals surface area contributed by atoms with E-state index in [-0.39, 0.29) is 24.9 Å². The zero-order valence-electron chi connectivity index (χ0n) is 13.4. The molecule has 23 heavy (non-hydrogen) atoms. The number of benzene rings is 1. The molecular formula is C17H26ClN3O2. The van der Waals surface area contributed by atoms with Gasteiger partial charge >= 0.3 is 0 Å². The van der Waals surface area contributed by atoms with E-state index in [2.05, 4.69) is 10.2 Å². The van der Waals surface area contributed by atoms with Crippen molar-refractivity contribution in [3.05, 3.63) is 35.9 Å². The minimum Gasteiger partial charge on any atom is -0.367 e. The standard InChI is InChI=1S/C17H25N3O2.ClH/c21-17(14-22-13-15-4-2-1-3-5-15)20-9-6-16(12-20)19-10-7-18-8-11-19;/h1-5,16,18H,6-14H2;1H. The zero-order chi connectivity index (χ0) is 15.2. The van der Waals surface area contributed by atoms with E-state index in [4.69, 9.17) is 4.74 Å². The normalized spacial score (nSPS) is 21.9. The summed E-state index contributed by atoms with van der Waals surface area (Å²) in [5.41, 5.74) is 1.11. The first-order valence-corrected chi connectivity index (χ1v) is 8.17. The number of amides is 1. The van der Waals surface area contributed by atoms with E-state index in [0.717, 1.165) is 51.3 Å². The van der Waals surface area contributed by atoms with E-state index < -0.39 is 0 Å². The lowest BCUT2D eigenvalue weighted by Gasteiger charge is -2.32. The fourth-order valence-electron chi connectivity index (χ4n) is 3.24. The molecule has 2 aliphatic rings. The monoisotopic (exact) mass is 339 g/mol. The van der Waals surface area contributed by atoms with Gasteiger partial charge in [-0.05, 0) is 12.0 Å². The first-order valence-electron chi connectivity index (χ1n) is 8.17. The predicted molar refractivity (Wildman–Crippen MR) is 92.8 cm³/mol. The number of carbonyl (C=O) groups excluding carboxylic acids is 1. The van der Waals surface area contributed by atoms with Crippen molar-refractivity contribution in [1.29, 1.82) is 0 Å². The molecule has 0 saturated carbocycles. The molecule has 1 aromatic carbocycles. The number of nitrogens with one attached hydrogen (secondary N) is 1. The summed E-state index contributed by atoms with van der Waals surface area (Å²) in [4.78, 5) is 16.7. The van der Waals surface area contributed by atoms with Crippen LogP contribution in [0.2, 0.25) is 0 Å². The molecule has 6 heteroatoms. The van der Waals surface area contributed by atoms with Gasteiger partial charge in [-0.2, -0.15) is 0 Å². The third-order valence-corrected chi connectivity index (χ3v) is 4.52. The van der Waals surface area contributed by atoms with Gasteiger partial charge in [0, 0.05) is 45.3 Å². The fraction of sp³-hybridized carbons (Fsp3) is 0.588. The van der Waals surface area contributed by atoms with E-state index in [9.17, 15) is 4.79 Å². The molecule has 1 amide bonds. The number of likely N-dealkylation sites (tertiary alicyclic amines) is 1. The molecular weight excluding hydrogens is 314 g/mol. The third-order valence-electron chi connectivity index (χ3n) is 4.52. The van der Waals surface area contributed by atoms with Gasteiger partial charge in [0.05, 0.1) is 6.61 Å². The molecule has 2 aliphatic heterocycles. The molecule has 0 bridgehead atoms. The molecule has 0 aliphatic carbocycles. The van der Waals surface area contributed by atoms with E-state index in [0.29, 0.717) is 12.6 Å². The maximum absolute atomic E-state index is 12.2. The number of nitrogens with zero attached hydrogens (tertiary/aromatic N) is 2. The van der Waals surface area contributed by atoms with Crippen LogP contribution in [0.4, 0.5) is 0 Å². The van der Waals surface area contributed by atoms with Crippen molar-refractivity contribution < 1.29 is 9.53 Å². The Bertz CT molecular complexity index is 480. The van der Waals surface area contributed by atoms with Crippen LogP contribution in [0, 0.1) is 0 Å². The van der Waals surface area contributed by atoms with Crippen molar-refractivity contribution in [3.63, 3.8) is 0 Å². The Kier molecular flexibility index (Phi) is 7.30. The van der Waals surface area contributed by atoms with Crippen molar-refractivity contribution in [3.8, 4) is 0 Å². The average Bonchev–Trinajstić information content (AvgIpc) is 3.07. The molecule has 128 valence electrons.